The van der Waals surface area contributed by atoms with Gasteiger partial charge in [0.1, 0.15) is 5.75 Å². The second kappa shape index (κ2) is 8.01. The molecular weight excluding hydrogens is 284 g/mol. The molecule has 3 nitrogen and oxygen atoms in total. The smallest absolute Gasteiger partial charge is 0.125 e. The summed E-state index contributed by atoms with van der Waals surface area (Å²) >= 11 is 0. The summed E-state index contributed by atoms with van der Waals surface area (Å²) < 4.78 is 5.88. The number of nitriles is 2. The van der Waals surface area contributed by atoms with E-state index >= 15 is 0 Å². The third-order valence-corrected chi connectivity index (χ3v) is 3.89. The average molecular weight is 304 g/mol. The molecule has 0 amide bonds. The molecule has 0 saturated carbocycles. The Hall–Kier alpha value is -2.78. The fourth-order valence-corrected chi connectivity index (χ4v) is 2.58. The zero-order valence-corrected chi connectivity index (χ0v) is 13.5. The molecule has 0 heterocycles. The summed E-state index contributed by atoms with van der Waals surface area (Å²) in [5.74, 6) is 0.781. The van der Waals surface area contributed by atoms with Crippen molar-refractivity contribution in [3.8, 4) is 17.9 Å². The molecule has 0 fully saturated rings. The van der Waals surface area contributed by atoms with Gasteiger partial charge in [0.05, 0.1) is 30.2 Å². The van der Waals surface area contributed by atoms with Gasteiger partial charge in [0, 0.05) is 0 Å². The number of para-hydroxylation sites is 1. The lowest BCUT2D eigenvalue weighted by atomic mass is 9.95. The quantitative estimate of drug-likeness (QED) is 0.730. The summed E-state index contributed by atoms with van der Waals surface area (Å²) in [6, 6.07) is 17.8. The van der Waals surface area contributed by atoms with Crippen LogP contribution in [-0.2, 0) is 0 Å². The van der Waals surface area contributed by atoms with Gasteiger partial charge in [0.2, 0.25) is 0 Å². The van der Waals surface area contributed by atoms with Gasteiger partial charge in [-0.1, -0.05) is 30.3 Å². The molecule has 1 atom stereocenters. The van der Waals surface area contributed by atoms with Gasteiger partial charge in [-0.25, -0.2) is 0 Å². The monoisotopic (exact) mass is 304 g/mol. The Balaban J connectivity index is 1.89. The molecule has 2 aromatic rings. The normalized spacial score (nSPS) is 11.3. The van der Waals surface area contributed by atoms with Crippen LogP contribution in [0.3, 0.4) is 0 Å². The minimum atomic E-state index is -0.163. The van der Waals surface area contributed by atoms with E-state index in [0.717, 1.165) is 35.3 Å². The van der Waals surface area contributed by atoms with Crippen molar-refractivity contribution in [1.82, 2.24) is 0 Å². The first-order chi connectivity index (χ1) is 11.2. The van der Waals surface area contributed by atoms with Gasteiger partial charge in [0.15, 0.2) is 0 Å². The molecule has 116 valence electrons. The van der Waals surface area contributed by atoms with Crippen LogP contribution in [0.4, 0.5) is 0 Å². The summed E-state index contributed by atoms with van der Waals surface area (Å²) in [5, 5.41) is 18.2. The van der Waals surface area contributed by atoms with Crippen molar-refractivity contribution in [2.75, 3.05) is 6.61 Å². The van der Waals surface area contributed by atoms with Gasteiger partial charge >= 0.3 is 0 Å². The molecule has 0 aromatic heterocycles. The first-order valence-corrected chi connectivity index (χ1v) is 7.74. The van der Waals surface area contributed by atoms with E-state index in [0.29, 0.717) is 12.2 Å². The van der Waals surface area contributed by atoms with Crippen LogP contribution in [-0.4, -0.2) is 6.61 Å². The highest BCUT2D eigenvalue weighted by atomic mass is 16.5. The predicted molar refractivity (Wildman–Crippen MR) is 90.2 cm³/mol. The number of aryl methyl sites for hydroxylation is 2. The Labute approximate surface area is 137 Å². The summed E-state index contributed by atoms with van der Waals surface area (Å²) in [5.41, 5.74) is 3.84. The maximum absolute atomic E-state index is 9.35. The van der Waals surface area contributed by atoms with E-state index in [2.05, 4.69) is 12.1 Å². The largest absolute Gasteiger partial charge is 0.493 e. The zero-order chi connectivity index (χ0) is 16.7. The Kier molecular flexibility index (Phi) is 5.78. The molecule has 0 radical (unpaired) electrons. The third-order valence-electron chi connectivity index (χ3n) is 3.89. The third kappa shape index (κ3) is 4.34. The van der Waals surface area contributed by atoms with Crippen molar-refractivity contribution in [2.24, 2.45) is 0 Å². The van der Waals surface area contributed by atoms with Gasteiger partial charge in [0.25, 0.3) is 0 Å². The topological polar surface area (TPSA) is 56.8 Å². The molecule has 2 aromatic carbocycles. The number of nitrogens with zero attached hydrogens (tertiary/aromatic N) is 2. The Morgan fingerprint density at radius 2 is 1.65 bits per heavy atom. The second-order valence-electron chi connectivity index (χ2n) is 5.63. The molecule has 2 rings (SSSR count). The first-order valence-electron chi connectivity index (χ1n) is 7.74. The predicted octanol–water partition coefficient (Wildman–Crippen LogP) is 4.64. The maximum Gasteiger partial charge on any atom is 0.125 e. The minimum absolute atomic E-state index is 0.163. The van der Waals surface area contributed by atoms with Gasteiger partial charge < -0.3 is 4.74 Å². The van der Waals surface area contributed by atoms with E-state index in [1.165, 1.54) is 0 Å². The molecule has 0 aliphatic heterocycles. The summed E-state index contributed by atoms with van der Waals surface area (Å²) in [4.78, 5) is 0. The molecule has 23 heavy (non-hydrogen) atoms. The van der Waals surface area contributed by atoms with Crippen LogP contribution in [0, 0.1) is 36.5 Å². The Bertz CT molecular complexity index is 715. The maximum atomic E-state index is 9.35. The standard InChI is InChI=1S/C20H20N2O/c1-15-5-3-6-16(2)20(15)23-12-4-7-19(14-22)18-10-8-17(13-21)9-11-18/h3,5-6,8-11,19H,4,7,12H2,1-2H3. The van der Waals surface area contributed by atoms with Crippen molar-refractivity contribution in [3.05, 3.63) is 64.7 Å². The zero-order valence-electron chi connectivity index (χ0n) is 13.5. The molecule has 0 saturated heterocycles. The van der Waals surface area contributed by atoms with Crippen LogP contribution in [0.1, 0.15) is 41.0 Å². The summed E-state index contributed by atoms with van der Waals surface area (Å²) in [6.45, 7) is 4.68. The number of hydrogen-bond donors (Lipinski definition) is 0. The molecule has 0 bridgehead atoms. The minimum Gasteiger partial charge on any atom is -0.493 e. The summed E-state index contributed by atoms with van der Waals surface area (Å²) in [7, 11) is 0. The summed E-state index contributed by atoms with van der Waals surface area (Å²) in [6.07, 6.45) is 1.55. The highest BCUT2D eigenvalue weighted by Crippen LogP contribution is 2.24. The van der Waals surface area contributed by atoms with Crippen LogP contribution >= 0.6 is 0 Å². The molecule has 3 heteroatoms. The molecule has 0 aliphatic rings. The molecular formula is C20H20N2O. The van der Waals surface area contributed by atoms with Gasteiger partial charge in [-0.15, -0.1) is 0 Å². The van der Waals surface area contributed by atoms with Crippen LogP contribution in [0.25, 0.3) is 0 Å². The first kappa shape index (κ1) is 16.6. The van der Waals surface area contributed by atoms with Crippen LogP contribution < -0.4 is 4.74 Å². The Morgan fingerprint density at radius 3 is 2.22 bits per heavy atom. The van der Waals surface area contributed by atoms with Crippen molar-refractivity contribution in [2.45, 2.75) is 32.6 Å². The van der Waals surface area contributed by atoms with Crippen LogP contribution in [0.5, 0.6) is 5.75 Å². The molecule has 0 spiro atoms. The van der Waals surface area contributed by atoms with E-state index in [1.807, 2.05) is 44.2 Å². The lowest BCUT2D eigenvalue weighted by Crippen LogP contribution is -2.04. The van der Waals surface area contributed by atoms with Crippen molar-refractivity contribution >= 4 is 0 Å². The van der Waals surface area contributed by atoms with E-state index < -0.39 is 0 Å². The number of benzene rings is 2. The van der Waals surface area contributed by atoms with E-state index in [-0.39, 0.29) is 5.92 Å². The molecule has 1 unspecified atom stereocenters. The van der Waals surface area contributed by atoms with Crippen molar-refractivity contribution < 1.29 is 4.74 Å². The van der Waals surface area contributed by atoms with Crippen molar-refractivity contribution in [1.29, 1.82) is 10.5 Å². The SMILES string of the molecule is Cc1cccc(C)c1OCCCC(C#N)c1ccc(C#N)cc1. The van der Waals surface area contributed by atoms with Gasteiger partial charge in [-0.05, 0) is 55.5 Å². The highest BCUT2D eigenvalue weighted by molar-refractivity contribution is 5.39. The number of rotatable bonds is 6. The Morgan fingerprint density at radius 1 is 1.00 bits per heavy atom. The van der Waals surface area contributed by atoms with Crippen molar-refractivity contribution in [3.63, 3.8) is 0 Å². The fourth-order valence-electron chi connectivity index (χ4n) is 2.58. The van der Waals surface area contributed by atoms with E-state index in [9.17, 15) is 5.26 Å². The highest BCUT2D eigenvalue weighted by Gasteiger charge is 2.11. The lowest BCUT2D eigenvalue weighted by Gasteiger charge is -2.13. The molecule has 0 N–H and O–H groups in total. The molecule has 0 aliphatic carbocycles. The number of hydrogen-bond acceptors (Lipinski definition) is 3. The lowest BCUT2D eigenvalue weighted by molar-refractivity contribution is 0.301. The van der Waals surface area contributed by atoms with Crippen LogP contribution in [0.2, 0.25) is 0 Å². The van der Waals surface area contributed by atoms with Gasteiger partial charge in [-0.2, -0.15) is 10.5 Å². The average Bonchev–Trinajstić information content (AvgIpc) is 2.57. The van der Waals surface area contributed by atoms with Crippen LogP contribution in [0.15, 0.2) is 42.5 Å². The second-order valence-corrected chi connectivity index (χ2v) is 5.63. The van der Waals surface area contributed by atoms with E-state index in [4.69, 9.17) is 10.00 Å². The van der Waals surface area contributed by atoms with Gasteiger partial charge in [-0.3, -0.25) is 0 Å². The fraction of sp³-hybridized carbons (Fsp3) is 0.300. The van der Waals surface area contributed by atoms with E-state index in [1.54, 1.807) is 12.1 Å². The number of ether oxygens (including phenoxy) is 1.